The van der Waals surface area contributed by atoms with Crippen molar-refractivity contribution in [3.63, 3.8) is 0 Å². The summed E-state index contributed by atoms with van der Waals surface area (Å²) in [4.78, 5) is 17.5. The van der Waals surface area contributed by atoms with Crippen molar-refractivity contribution in [1.29, 1.82) is 0 Å². The second kappa shape index (κ2) is 6.63. The molecule has 2 aromatic carbocycles. The summed E-state index contributed by atoms with van der Waals surface area (Å²) in [7, 11) is 0. The number of carbonyl (C=O) groups excluding carboxylic acids is 1. The van der Waals surface area contributed by atoms with Gasteiger partial charge in [-0.25, -0.2) is 4.98 Å². The van der Waals surface area contributed by atoms with E-state index < -0.39 is 0 Å². The summed E-state index contributed by atoms with van der Waals surface area (Å²) in [6.45, 7) is 7.98. The van der Waals surface area contributed by atoms with E-state index >= 15 is 0 Å². The molecule has 0 atom stereocenters. The topological polar surface area (TPSA) is 59.8 Å². The molecule has 1 amide bonds. The van der Waals surface area contributed by atoms with Gasteiger partial charge in [-0.1, -0.05) is 35.6 Å². The van der Waals surface area contributed by atoms with Crippen LogP contribution in [0.2, 0.25) is 0 Å². The molecular weight excluding hydrogens is 356 g/mol. The molecule has 4 aromatic rings. The number of nitrogens with one attached hydrogen (secondary N) is 1. The average molecular weight is 376 g/mol. The summed E-state index contributed by atoms with van der Waals surface area (Å²) < 4.78 is 2.83. The maximum atomic E-state index is 12.7. The number of hydrogen-bond acceptors (Lipinski definition) is 4. The molecule has 0 fully saturated rings. The van der Waals surface area contributed by atoms with Gasteiger partial charge in [0, 0.05) is 11.6 Å². The van der Waals surface area contributed by atoms with E-state index in [1.54, 1.807) is 16.0 Å². The Kier molecular flexibility index (Phi) is 4.28. The minimum Gasteiger partial charge on any atom is -0.306 e. The lowest BCUT2D eigenvalue weighted by atomic mass is 10.1. The number of aryl methyl sites for hydroxylation is 4. The summed E-state index contributed by atoms with van der Waals surface area (Å²) in [6, 6.07) is 13.7. The number of anilines is 1. The summed E-state index contributed by atoms with van der Waals surface area (Å²) in [5.74, 6) is 0.469. The third-order valence-electron chi connectivity index (χ3n) is 4.46. The molecule has 0 saturated carbocycles. The van der Waals surface area contributed by atoms with E-state index in [0.717, 1.165) is 32.2 Å². The number of hydrogen-bond donors (Lipinski definition) is 1. The highest BCUT2D eigenvalue weighted by molar-refractivity contribution is 7.20. The molecule has 0 spiro atoms. The first kappa shape index (κ1) is 17.4. The minimum absolute atomic E-state index is 0.151. The van der Waals surface area contributed by atoms with Gasteiger partial charge in [0.1, 0.15) is 5.82 Å². The highest BCUT2D eigenvalue weighted by Crippen LogP contribution is 2.30. The first-order valence-electron chi connectivity index (χ1n) is 8.74. The first-order valence-corrected chi connectivity index (χ1v) is 9.56. The lowest BCUT2D eigenvalue weighted by Gasteiger charge is -2.08. The molecule has 0 unspecified atom stereocenters. The van der Waals surface area contributed by atoms with Crippen LogP contribution >= 0.6 is 11.3 Å². The van der Waals surface area contributed by atoms with Gasteiger partial charge in [0.2, 0.25) is 5.13 Å². The second-order valence-electron chi connectivity index (χ2n) is 6.78. The molecule has 2 aromatic heterocycles. The zero-order valence-corrected chi connectivity index (χ0v) is 16.5. The summed E-state index contributed by atoms with van der Waals surface area (Å²) in [5, 5.41) is 8.28. The Bertz CT molecular complexity index is 1170. The number of carbonyl (C=O) groups is 1. The van der Waals surface area contributed by atoms with Crippen molar-refractivity contribution in [3.8, 4) is 5.13 Å². The number of thiazole rings is 1. The zero-order chi connectivity index (χ0) is 19.1. The van der Waals surface area contributed by atoms with Crippen molar-refractivity contribution < 1.29 is 4.79 Å². The fraction of sp³-hybridized carbons (Fsp3) is 0.190. The number of nitrogens with zero attached hydrogens (tertiary/aromatic N) is 3. The molecule has 27 heavy (non-hydrogen) atoms. The second-order valence-corrected chi connectivity index (χ2v) is 7.79. The SMILES string of the molecule is Cc1cc(C)c2nc(-n3nc(C)cc3NC(=O)c3ccccc3C)sc2c1. The van der Waals surface area contributed by atoms with Crippen molar-refractivity contribution in [1.82, 2.24) is 14.8 Å². The van der Waals surface area contributed by atoms with Crippen LogP contribution in [0.3, 0.4) is 0 Å². The van der Waals surface area contributed by atoms with Crippen LogP contribution in [-0.2, 0) is 0 Å². The molecule has 136 valence electrons. The smallest absolute Gasteiger partial charge is 0.257 e. The number of benzene rings is 2. The van der Waals surface area contributed by atoms with E-state index in [2.05, 4.69) is 36.4 Å². The molecule has 5 nitrogen and oxygen atoms in total. The van der Waals surface area contributed by atoms with Gasteiger partial charge in [-0.15, -0.1) is 0 Å². The lowest BCUT2D eigenvalue weighted by Crippen LogP contribution is -2.16. The van der Waals surface area contributed by atoms with Crippen molar-refractivity contribution in [3.05, 3.63) is 70.4 Å². The summed E-state index contributed by atoms with van der Waals surface area (Å²) in [6.07, 6.45) is 0. The quantitative estimate of drug-likeness (QED) is 0.549. The Morgan fingerprint density at radius 2 is 1.81 bits per heavy atom. The zero-order valence-electron chi connectivity index (χ0n) is 15.7. The Labute approximate surface area is 161 Å². The maximum absolute atomic E-state index is 12.7. The van der Waals surface area contributed by atoms with Crippen molar-refractivity contribution in [2.45, 2.75) is 27.7 Å². The molecule has 0 bridgehead atoms. The lowest BCUT2D eigenvalue weighted by molar-refractivity contribution is 0.102. The summed E-state index contributed by atoms with van der Waals surface area (Å²) in [5.41, 5.74) is 5.73. The van der Waals surface area contributed by atoms with Crippen LogP contribution in [-0.4, -0.2) is 20.7 Å². The Morgan fingerprint density at radius 3 is 2.59 bits per heavy atom. The van der Waals surface area contributed by atoms with E-state index in [0.29, 0.717) is 11.4 Å². The third-order valence-corrected chi connectivity index (χ3v) is 5.44. The van der Waals surface area contributed by atoms with Crippen LogP contribution < -0.4 is 5.32 Å². The van der Waals surface area contributed by atoms with Crippen molar-refractivity contribution in [2.24, 2.45) is 0 Å². The number of fused-ring (bicyclic) bond motifs is 1. The van der Waals surface area contributed by atoms with Crippen LogP contribution in [0.5, 0.6) is 0 Å². The van der Waals surface area contributed by atoms with E-state index in [1.807, 2.05) is 44.2 Å². The fourth-order valence-corrected chi connectivity index (χ4v) is 4.30. The predicted molar refractivity (Wildman–Crippen MR) is 110 cm³/mol. The molecule has 0 saturated heterocycles. The Morgan fingerprint density at radius 1 is 1.04 bits per heavy atom. The third kappa shape index (κ3) is 3.24. The predicted octanol–water partition coefficient (Wildman–Crippen LogP) is 4.97. The summed E-state index contributed by atoms with van der Waals surface area (Å²) >= 11 is 1.57. The number of rotatable bonds is 3. The monoisotopic (exact) mass is 376 g/mol. The normalized spacial score (nSPS) is 11.1. The van der Waals surface area contributed by atoms with Crippen molar-refractivity contribution in [2.75, 3.05) is 5.32 Å². The van der Waals surface area contributed by atoms with E-state index in [1.165, 1.54) is 5.56 Å². The van der Waals surface area contributed by atoms with Gasteiger partial charge in [0.05, 0.1) is 15.9 Å². The minimum atomic E-state index is -0.151. The van der Waals surface area contributed by atoms with Gasteiger partial charge in [0.15, 0.2) is 0 Å². The van der Waals surface area contributed by atoms with Gasteiger partial charge in [0.25, 0.3) is 5.91 Å². The maximum Gasteiger partial charge on any atom is 0.257 e. The molecule has 2 heterocycles. The molecule has 0 aliphatic carbocycles. The van der Waals surface area contributed by atoms with Crippen molar-refractivity contribution >= 4 is 33.3 Å². The molecule has 1 N–H and O–H groups in total. The first-order chi connectivity index (χ1) is 12.9. The number of aromatic nitrogens is 3. The highest BCUT2D eigenvalue weighted by Gasteiger charge is 2.17. The van der Waals surface area contributed by atoms with Crippen LogP contribution in [0, 0.1) is 27.7 Å². The van der Waals surface area contributed by atoms with Gasteiger partial charge in [-0.05, 0) is 56.5 Å². The Hall–Kier alpha value is -2.99. The van der Waals surface area contributed by atoms with Gasteiger partial charge >= 0.3 is 0 Å². The molecule has 0 aliphatic heterocycles. The fourth-order valence-electron chi connectivity index (χ4n) is 3.20. The van der Waals surface area contributed by atoms with E-state index in [4.69, 9.17) is 4.98 Å². The molecule has 0 radical (unpaired) electrons. The molecule has 0 aliphatic rings. The molecule has 4 rings (SSSR count). The van der Waals surface area contributed by atoms with Crippen LogP contribution in [0.1, 0.15) is 32.7 Å². The van der Waals surface area contributed by atoms with Crippen LogP contribution in [0.25, 0.3) is 15.3 Å². The van der Waals surface area contributed by atoms with Crippen LogP contribution in [0.15, 0.2) is 42.5 Å². The van der Waals surface area contributed by atoms with Gasteiger partial charge in [-0.3, -0.25) is 4.79 Å². The van der Waals surface area contributed by atoms with E-state index in [9.17, 15) is 4.79 Å². The molecule has 6 heteroatoms. The largest absolute Gasteiger partial charge is 0.306 e. The number of amides is 1. The Balaban J connectivity index is 1.75. The van der Waals surface area contributed by atoms with Gasteiger partial charge in [-0.2, -0.15) is 9.78 Å². The molecular formula is C21H20N4OS. The average Bonchev–Trinajstić information content (AvgIpc) is 3.18. The standard InChI is InChI=1S/C21H20N4OS/c1-12-9-14(3)19-17(10-12)27-21(23-19)25-18(11-15(4)24-25)22-20(26)16-8-6-5-7-13(16)2/h5-11H,1-4H3,(H,22,26). The van der Waals surface area contributed by atoms with Gasteiger partial charge < -0.3 is 5.32 Å². The van der Waals surface area contributed by atoms with Crippen LogP contribution in [0.4, 0.5) is 5.82 Å². The highest BCUT2D eigenvalue weighted by atomic mass is 32.1. The van der Waals surface area contributed by atoms with E-state index in [-0.39, 0.29) is 5.91 Å².